The second-order valence-corrected chi connectivity index (χ2v) is 7.88. The van der Waals surface area contributed by atoms with E-state index < -0.39 is 6.10 Å². The first-order valence-corrected chi connectivity index (χ1v) is 10.1. The molecule has 1 saturated heterocycles. The summed E-state index contributed by atoms with van der Waals surface area (Å²) in [5.41, 5.74) is 2.34. The quantitative estimate of drug-likeness (QED) is 0.873. The van der Waals surface area contributed by atoms with E-state index >= 15 is 0 Å². The van der Waals surface area contributed by atoms with Crippen molar-refractivity contribution in [1.82, 2.24) is 5.32 Å². The van der Waals surface area contributed by atoms with Crippen molar-refractivity contribution in [3.8, 4) is 11.5 Å². The van der Waals surface area contributed by atoms with Crippen LogP contribution < -0.4 is 19.7 Å². The maximum atomic E-state index is 12.6. The first kappa shape index (κ1) is 18.7. The van der Waals surface area contributed by atoms with Crippen LogP contribution in [-0.4, -0.2) is 31.7 Å². The average molecular weight is 380 g/mol. The number of anilines is 1. The maximum absolute atomic E-state index is 12.6. The molecule has 1 fully saturated rings. The molecule has 0 radical (unpaired) electrons. The van der Waals surface area contributed by atoms with Gasteiger partial charge in [0.2, 0.25) is 6.10 Å². The maximum Gasteiger partial charge on any atom is 0.265 e. The summed E-state index contributed by atoms with van der Waals surface area (Å²) in [5.74, 6) is 1.88. The second-order valence-electron chi connectivity index (χ2n) is 7.88. The summed E-state index contributed by atoms with van der Waals surface area (Å²) < 4.78 is 11.4. The lowest BCUT2D eigenvalue weighted by molar-refractivity contribution is -0.131. The zero-order chi connectivity index (χ0) is 19.5. The zero-order valence-electron chi connectivity index (χ0n) is 16.6. The molecule has 4 rings (SSSR count). The van der Waals surface area contributed by atoms with E-state index in [2.05, 4.69) is 41.4 Å². The Morgan fingerprint density at radius 1 is 1.14 bits per heavy atom. The molecule has 0 unspecified atom stereocenters. The second kappa shape index (κ2) is 8.13. The number of benzene rings is 2. The number of hydrogen-bond donors (Lipinski definition) is 1. The molecule has 0 aliphatic carbocycles. The molecule has 5 nitrogen and oxygen atoms in total. The van der Waals surface area contributed by atoms with Crippen molar-refractivity contribution in [3.63, 3.8) is 0 Å². The fourth-order valence-corrected chi connectivity index (χ4v) is 3.94. The van der Waals surface area contributed by atoms with Gasteiger partial charge in [-0.3, -0.25) is 4.79 Å². The van der Waals surface area contributed by atoms with Gasteiger partial charge in [-0.2, -0.15) is 0 Å². The molecule has 2 aliphatic heterocycles. The number of carbonyl (C=O) groups excluding carboxylic acids is 1. The van der Waals surface area contributed by atoms with Gasteiger partial charge in [0.05, 0.1) is 6.04 Å². The van der Waals surface area contributed by atoms with E-state index in [1.165, 1.54) is 18.5 Å². The van der Waals surface area contributed by atoms with E-state index in [0.717, 1.165) is 24.6 Å². The number of nitrogens with one attached hydrogen (secondary N) is 1. The number of piperidine rings is 1. The number of nitrogens with zero attached hydrogens (tertiary/aromatic N) is 1. The van der Waals surface area contributed by atoms with Gasteiger partial charge in [0, 0.05) is 18.8 Å². The van der Waals surface area contributed by atoms with Crippen LogP contribution in [0.15, 0.2) is 48.5 Å². The molecule has 1 N–H and O–H groups in total. The topological polar surface area (TPSA) is 50.8 Å². The van der Waals surface area contributed by atoms with Crippen LogP contribution in [0.25, 0.3) is 0 Å². The lowest BCUT2D eigenvalue weighted by Crippen LogP contribution is -2.44. The van der Waals surface area contributed by atoms with E-state index in [-0.39, 0.29) is 18.6 Å². The third kappa shape index (κ3) is 4.08. The molecule has 2 aliphatic rings. The number of para-hydroxylation sites is 2. The summed E-state index contributed by atoms with van der Waals surface area (Å²) in [4.78, 5) is 15.1. The Kier molecular flexibility index (Phi) is 5.42. The molecule has 2 heterocycles. The van der Waals surface area contributed by atoms with E-state index in [1.807, 2.05) is 31.2 Å². The highest BCUT2D eigenvalue weighted by Crippen LogP contribution is 2.31. The van der Waals surface area contributed by atoms with Crippen LogP contribution >= 0.6 is 0 Å². The van der Waals surface area contributed by atoms with Crippen LogP contribution in [0.5, 0.6) is 11.5 Å². The summed E-state index contributed by atoms with van der Waals surface area (Å²) in [6.45, 7) is 6.77. The van der Waals surface area contributed by atoms with Gasteiger partial charge in [-0.05, 0) is 55.5 Å². The largest absolute Gasteiger partial charge is 0.485 e. The highest BCUT2D eigenvalue weighted by atomic mass is 16.6. The summed E-state index contributed by atoms with van der Waals surface area (Å²) in [6, 6.07) is 15.9. The number of rotatable bonds is 4. The number of fused-ring (bicyclic) bond motifs is 1. The van der Waals surface area contributed by atoms with Gasteiger partial charge < -0.3 is 19.7 Å². The van der Waals surface area contributed by atoms with Crippen molar-refractivity contribution in [1.29, 1.82) is 0 Å². The first-order valence-electron chi connectivity index (χ1n) is 10.1. The third-order valence-electron chi connectivity index (χ3n) is 5.58. The van der Waals surface area contributed by atoms with E-state index in [9.17, 15) is 4.79 Å². The molecular formula is C23H28N2O3. The third-order valence-corrected chi connectivity index (χ3v) is 5.58. The minimum atomic E-state index is -0.633. The van der Waals surface area contributed by atoms with Crippen LogP contribution in [0.1, 0.15) is 38.3 Å². The van der Waals surface area contributed by atoms with Gasteiger partial charge in [0.1, 0.15) is 6.61 Å². The van der Waals surface area contributed by atoms with Crippen molar-refractivity contribution in [2.24, 2.45) is 5.92 Å². The van der Waals surface area contributed by atoms with Gasteiger partial charge in [-0.25, -0.2) is 0 Å². The molecule has 0 bridgehead atoms. The Balaban J connectivity index is 1.36. The van der Waals surface area contributed by atoms with Crippen LogP contribution in [-0.2, 0) is 4.79 Å². The van der Waals surface area contributed by atoms with E-state index in [1.54, 1.807) is 0 Å². The Bertz CT molecular complexity index is 821. The molecule has 28 heavy (non-hydrogen) atoms. The van der Waals surface area contributed by atoms with Crippen LogP contribution in [0.4, 0.5) is 5.69 Å². The predicted octanol–water partition coefficient (Wildman–Crippen LogP) is 3.94. The Hall–Kier alpha value is -2.69. The molecule has 1 amide bonds. The van der Waals surface area contributed by atoms with Crippen molar-refractivity contribution < 1.29 is 14.3 Å². The van der Waals surface area contributed by atoms with Gasteiger partial charge >= 0.3 is 0 Å². The van der Waals surface area contributed by atoms with Crippen molar-refractivity contribution in [2.45, 2.75) is 38.8 Å². The molecule has 3 atom stereocenters. The summed E-state index contributed by atoms with van der Waals surface area (Å²) in [7, 11) is 0. The molecule has 2 aromatic rings. The predicted molar refractivity (Wildman–Crippen MR) is 110 cm³/mol. The Labute approximate surface area is 166 Å². The van der Waals surface area contributed by atoms with Gasteiger partial charge in [0.15, 0.2) is 11.5 Å². The number of amides is 1. The zero-order valence-corrected chi connectivity index (χ0v) is 16.6. The van der Waals surface area contributed by atoms with Gasteiger partial charge in [0.25, 0.3) is 5.91 Å². The lowest BCUT2D eigenvalue weighted by Gasteiger charge is -2.33. The number of ether oxygens (including phenoxy) is 2. The highest BCUT2D eigenvalue weighted by molar-refractivity contribution is 5.82. The SMILES string of the molecule is C[C@@H]1CCCN(c2ccc([C@@H](C)NC(=O)[C@@H]3COc4ccccc4O3)cc2)C1. The Morgan fingerprint density at radius 2 is 1.89 bits per heavy atom. The smallest absolute Gasteiger partial charge is 0.265 e. The fraction of sp³-hybridized carbons (Fsp3) is 0.435. The molecular weight excluding hydrogens is 352 g/mol. The van der Waals surface area contributed by atoms with Gasteiger partial charge in [-0.15, -0.1) is 0 Å². The Morgan fingerprint density at radius 3 is 2.64 bits per heavy atom. The van der Waals surface area contributed by atoms with Crippen molar-refractivity contribution in [3.05, 3.63) is 54.1 Å². The van der Waals surface area contributed by atoms with Crippen LogP contribution in [0, 0.1) is 5.92 Å². The van der Waals surface area contributed by atoms with E-state index in [0.29, 0.717) is 11.5 Å². The molecule has 5 heteroatoms. The molecule has 0 aromatic heterocycles. The molecule has 0 saturated carbocycles. The van der Waals surface area contributed by atoms with Gasteiger partial charge in [-0.1, -0.05) is 31.2 Å². The van der Waals surface area contributed by atoms with Crippen molar-refractivity contribution in [2.75, 3.05) is 24.6 Å². The lowest BCUT2D eigenvalue weighted by atomic mass is 9.99. The van der Waals surface area contributed by atoms with Crippen LogP contribution in [0.2, 0.25) is 0 Å². The molecule has 148 valence electrons. The van der Waals surface area contributed by atoms with E-state index in [4.69, 9.17) is 9.47 Å². The summed E-state index contributed by atoms with van der Waals surface area (Å²) in [6.07, 6.45) is 1.93. The average Bonchev–Trinajstić information content (AvgIpc) is 2.73. The van der Waals surface area contributed by atoms with Crippen LogP contribution in [0.3, 0.4) is 0 Å². The molecule has 2 aromatic carbocycles. The normalized spacial score (nSPS) is 22.4. The molecule has 0 spiro atoms. The highest BCUT2D eigenvalue weighted by Gasteiger charge is 2.28. The monoisotopic (exact) mass is 380 g/mol. The standard InChI is InChI=1S/C23H28N2O3/c1-16-6-5-13-25(14-16)19-11-9-18(10-12-19)17(2)24-23(26)22-15-27-20-7-3-4-8-21(20)28-22/h3-4,7-12,16-17,22H,5-6,13-15H2,1-2H3,(H,24,26)/t16-,17-,22+/m1/s1. The number of hydrogen-bond acceptors (Lipinski definition) is 4. The van der Waals surface area contributed by atoms with Crippen molar-refractivity contribution >= 4 is 11.6 Å². The minimum Gasteiger partial charge on any atom is -0.485 e. The summed E-state index contributed by atoms with van der Waals surface area (Å²) in [5, 5.41) is 3.05. The number of carbonyl (C=O) groups is 1. The first-order chi connectivity index (χ1) is 13.6. The minimum absolute atomic E-state index is 0.0948. The summed E-state index contributed by atoms with van der Waals surface area (Å²) >= 11 is 0. The fourth-order valence-electron chi connectivity index (χ4n) is 3.94.